The molecule has 1 rings (SSSR count). The van der Waals surface area contributed by atoms with Crippen molar-refractivity contribution in [2.24, 2.45) is 0 Å². The van der Waals surface area contributed by atoms with Crippen LogP contribution < -0.4 is 24.8 Å². The van der Waals surface area contributed by atoms with Crippen molar-refractivity contribution in [1.82, 2.24) is 10.6 Å². The number of nitro benzene ring substituents is 1. The number of methoxy groups -OCH3 is 3. The number of rotatable bonds is 9. The van der Waals surface area contributed by atoms with E-state index in [0.29, 0.717) is 18.4 Å². The molecule has 10 heteroatoms. The number of hydrogen-bond acceptors (Lipinski definition) is 7. The van der Waals surface area contributed by atoms with E-state index >= 15 is 0 Å². The zero-order valence-electron chi connectivity index (χ0n) is 13.0. The summed E-state index contributed by atoms with van der Waals surface area (Å²) in [5.74, 6) is 0.134. The highest BCUT2D eigenvalue weighted by atomic mass is 16.6. The molecule has 0 atom stereocenters. The Morgan fingerprint density at radius 2 is 1.48 bits per heavy atom. The van der Waals surface area contributed by atoms with Crippen LogP contribution in [0.1, 0.15) is 17.3 Å². The van der Waals surface area contributed by atoms with Crippen LogP contribution in [0, 0.1) is 17.0 Å². The van der Waals surface area contributed by atoms with Crippen molar-refractivity contribution in [3.63, 3.8) is 0 Å². The highest BCUT2D eigenvalue weighted by molar-refractivity contribution is 5.71. The van der Waals surface area contributed by atoms with Gasteiger partial charge >= 0.3 is 5.69 Å². The van der Waals surface area contributed by atoms with E-state index in [4.69, 9.17) is 14.2 Å². The molecule has 0 saturated heterocycles. The average molecular weight is 327 g/mol. The summed E-state index contributed by atoms with van der Waals surface area (Å²) < 4.78 is 15.6. The molecule has 2 N–H and O–H groups in total. The molecule has 126 valence electrons. The van der Waals surface area contributed by atoms with Crippen LogP contribution in [0.15, 0.2) is 0 Å². The predicted molar refractivity (Wildman–Crippen MR) is 78.6 cm³/mol. The Morgan fingerprint density at radius 3 is 1.83 bits per heavy atom. The normalized spacial score (nSPS) is 9.96. The Bertz CT molecular complexity index is 608. The van der Waals surface area contributed by atoms with Crippen molar-refractivity contribution < 1.29 is 28.7 Å². The zero-order valence-corrected chi connectivity index (χ0v) is 13.0. The lowest BCUT2D eigenvalue weighted by Crippen LogP contribution is -2.33. The summed E-state index contributed by atoms with van der Waals surface area (Å²) in [6.07, 6.45) is -0.615. The van der Waals surface area contributed by atoms with E-state index in [-0.39, 0.29) is 22.8 Å². The van der Waals surface area contributed by atoms with Gasteiger partial charge in [0.2, 0.25) is 18.6 Å². The number of amides is 2. The van der Waals surface area contributed by atoms with Gasteiger partial charge in [-0.1, -0.05) is 0 Å². The van der Waals surface area contributed by atoms with Gasteiger partial charge in [-0.05, 0) is 6.92 Å². The molecular weight excluding hydrogens is 310 g/mol. The van der Waals surface area contributed by atoms with E-state index in [0.717, 1.165) is 0 Å². The van der Waals surface area contributed by atoms with Gasteiger partial charge in [-0.2, -0.15) is 0 Å². The molecule has 0 heterocycles. The highest BCUT2D eigenvalue weighted by Crippen LogP contribution is 2.49. The van der Waals surface area contributed by atoms with Crippen molar-refractivity contribution >= 4 is 18.5 Å². The molecule has 0 aromatic heterocycles. The molecule has 0 aliphatic heterocycles. The second kappa shape index (κ2) is 7.82. The van der Waals surface area contributed by atoms with Crippen molar-refractivity contribution in [3.8, 4) is 17.2 Å². The van der Waals surface area contributed by atoms with Crippen LogP contribution in [-0.4, -0.2) is 39.1 Å². The van der Waals surface area contributed by atoms with Crippen LogP contribution >= 0.6 is 0 Å². The third-order valence-corrected chi connectivity index (χ3v) is 3.16. The second-order valence-corrected chi connectivity index (χ2v) is 4.25. The molecule has 23 heavy (non-hydrogen) atoms. The lowest BCUT2D eigenvalue weighted by molar-refractivity contribution is -0.386. The number of hydrogen-bond donors (Lipinski definition) is 2. The Morgan fingerprint density at radius 1 is 1.00 bits per heavy atom. The minimum absolute atomic E-state index is 0.00574. The smallest absolute Gasteiger partial charge is 0.322 e. The summed E-state index contributed by atoms with van der Waals surface area (Å²) in [5, 5.41) is 16.1. The van der Waals surface area contributed by atoms with Gasteiger partial charge in [-0.15, -0.1) is 0 Å². The second-order valence-electron chi connectivity index (χ2n) is 4.25. The van der Waals surface area contributed by atoms with Gasteiger partial charge in [0, 0.05) is 5.56 Å². The lowest BCUT2D eigenvalue weighted by atomic mass is 10.0. The van der Waals surface area contributed by atoms with Crippen LogP contribution in [0.4, 0.5) is 5.69 Å². The minimum Gasteiger partial charge on any atom is -0.492 e. The summed E-state index contributed by atoms with van der Waals surface area (Å²) in [7, 11) is 3.91. The molecule has 0 aliphatic carbocycles. The molecule has 0 aliphatic rings. The maximum atomic E-state index is 11.5. The SMILES string of the molecule is COc1c(C)c(OC)c([N+](=O)[O-])c(C(NC=O)NC=O)c1OC. The molecule has 10 nitrogen and oxygen atoms in total. The first-order valence-electron chi connectivity index (χ1n) is 6.34. The van der Waals surface area contributed by atoms with E-state index < -0.39 is 16.8 Å². The Balaban J connectivity index is 3.90. The summed E-state index contributed by atoms with van der Waals surface area (Å²) in [6, 6.07) is 0. The van der Waals surface area contributed by atoms with E-state index in [1.807, 2.05) is 0 Å². The standard InChI is InChI=1S/C13H17N3O7/c1-7-10(21-2)9(16(19)20)8(12(23-4)11(7)22-3)13(14-5-17)15-6-18/h5-6,13H,1-4H3,(H,14,17)(H,15,18). The summed E-state index contributed by atoms with van der Waals surface area (Å²) in [5.41, 5.74) is -0.203. The molecule has 0 fully saturated rings. The van der Waals surface area contributed by atoms with Crippen LogP contribution in [0.25, 0.3) is 0 Å². The zero-order chi connectivity index (χ0) is 17.6. The van der Waals surface area contributed by atoms with E-state index in [9.17, 15) is 19.7 Å². The van der Waals surface area contributed by atoms with Gasteiger partial charge < -0.3 is 24.8 Å². The minimum atomic E-state index is -1.20. The number of carbonyl (C=O) groups is 2. The van der Waals surface area contributed by atoms with E-state index in [2.05, 4.69) is 10.6 Å². The summed E-state index contributed by atoms with van der Waals surface area (Å²) in [4.78, 5) is 32.4. The molecule has 0 saturated carbocycles. The topological polar surface area (TPSA) is 129 Å². The van der Waals surface area contributed by atoms with Crippen molar-refractivity contribution in [3.05, 3.63) is 21.2 Å². The van der Waals surface area contributed by atoms with Gasteiger partial charge in [0.05, 0.1) is 26.3 Å². The van der Waals surface area contributed by atoms with Crippen molar-refractivity contribution in [2.45, 2.75) is 13.1 Å². The maximum Gasteiger partial charge on any atom is 0.322 e. The fraction of sp³-hybridized carbons (Fsp3) is 0.385. The number of benzene rings is 1. The summed E-state index contributed by atoms with van der Waals surface area (Å²) in [6.45, 7) is 1.56. The molecule has 0 spiro atoms. The molecule has 0 radical (unpaired) electrons. The molecule has 0 bridgehead atoms. The van der Waals surface area contributed by atoms with Crippen molar-refractivity contribution in [2.75, 3.05) is 21.3 Å². The van der Waals surface area contributed by atoms with Gasteiger partial charge in [0.15, 0.2) is 11.5 Å². The Labute approximate surface area is 131 Å². The van der Waals surface area contributed by atoms with Crippen LogP contribution in [-0.2, 0) is 9.59 Å². The molecule has 2 amide bonds. The number of carbonyl (C=O) groups excluding carboxylic acids is 2. The fourth-order valence-electron chi connectivity index (χ4n) is 2.30. The third kappa shape index (κ3) is 3.25. The van der Waals surface area contributed by atoms with Crippen LogP contribution in [0.2, 0.25) is 0 Å². The largest absolute Gasteiger partial charge is 0.492 e. The first kappa shape index (κ1) is 18.0. The van der Waals surface area contributed by atoms with Gasteiger partial charge in [0.25, 0.3) is 0 Å². The molecule has 1 aromatic rings. The monoisotopic (exact) mass is 327 g/mol. The average Bonchev–Trinajstić information content (AvgIpc) is 2.53. The summed E-state index contributed by atoms with van der Waals surface area (Å²) >= 11 is 0. The Hall–Kier alpha value is -3.04. The van der Waals surface area contributed by atoms with Gasteiger partial charge in [-0.25, -0.2) is 0 Å². The first-order valence-corrected chi connectivity index (χ1v) is 6.34. The number of ether oxygens (including phenoxy) is 3. The van der Waals surface area contributed by atoms with Gasteiger partial charge in [-0.3, -0.25) is 19.7 Å². The highest BCUT2D eigenvalue weighted by Gasteiger charge is 2.36. The van der Waals surface area contributed by atoms with Crippen LogP contribution in [0.3, 0.4) is 0 Å². The van der Waals surface area contributed by atoms with E-state index in [1.54, 1.807) is 6.92 Å². The number of nitro groups is 1. The predicted octanol–water partition coefficient (Wildman–Crippen LogP) is 0.420. The molecular formula is C13H17N3O7. The molecule has 1 aromatic carbocycles. The van der Waals surface area contributed by atoms with Gasteiger partial charge in [0.1, 0.15) is 11.7 Å². The maximum absolute atomic E-state index is 11.5. The third-order valence-electron chi connectivity index (χ3n) is 3.16. The fourth-order valence-corrected chi connectivity index (χ4v) is 2.30. The number of nitrogens with zero attached hydrogens (tertiary/aromatic N) is 1. The van der Waals surface area contributed by atoms with Crippen molar-refractivity contribution in [1.29, 1.82) is 0 Å². The lowest BCUT2D eigenvalue weighted by Gasteiger charge is -2.22. The van der Waals surface area contributed by atoms with E-state index in [1.165, 1.54) is 21.3 Å². The number of nitrogens with one attached hydrogen (secondary N) is 2. The quantitative estimate of drug-likeness (QED) is 0.291. The Kier molecular flexibility index (Phi) is 6.13. The molecule has 0 unspecified atom stereocenters. The first-order chi connectivity index (χ1) is 11.0. The van der Waals surface area contributed by atoms with Crippen LogP contribution in [0.5, 0.6) is 17.2 Å².